The van der Waals surface area contributed by atoms with Gasteiger partial charge in [-0.15, -0.1) is 0 Å². The molecule has 1 N–H and O–H groups in total. The molecule has 0 spiro atoms. The average Bonchev–Trinajstić information content (AvgIpc) is 2.79. The summed E-state index contributed by atoms with van der Waals surface area (Å²) in [5, 5.41) is 3.47. The van der Waals surface area contributed by atoms with Gasteiger partial charge < -0.3 is 10.1 Å². The quantitative estimate of drug-likeness (QED) is 0.590. The van der Waals surface area contributed by atoms with Crippen LogP contribution < -0.4 is 5.32 Å². The van der Waals surface area contributed by atoms with Crippen LogP contribution in [0.15, 0.2) is 0 Å². The summed E-state index contributed by atoms with van der Waals surface area (Å²) in [6.07, 6.45) is 9.87. The van der Waals surface area contributed by atoms with Gasteiger partial charge in [-0.2, -0.15) is 0 Å². The van der Waals surface area contributed by atoms with E-state index in [1.165, 1.54) is 51.5 Å². The van der Waals surface area contributed by atoms with E-state index in [4.69, 9.17) is 4.74 Å². The Hall–Kier alpha value is -0.0800. The molecule has 2 nitrogen and oxygen atoms in total. The Balaban J connectivity index is 1.72. The maximum absolute atomic E-state index is 5.56. The highest BCUT2D eigenvalue weighted by Crippen LogP contribution is 2.28. The zero-order valence-electron chi connectivity index (χ0n) is 11.8. The molecule has 0 radical (unpaired) electrons. The second-order valence-electron chi connectivity index (χ2n) is 5.84. The summed E-state index contributed by atoms with van der Waals surface area (Å²) < 4.78 is 5.56. The number of hydrogen-bond acceptors (Lipinski definition) is 2. The van der Waals surface area contributed by atoms with Crippen LogP contribution in [0.4, 0.5) is 0 Å². The van der Waals surface area contributed by atoms with E-state index in [9.17, 15) is 0 Å². The maximum Gasteiger partial charge on any atom is 0.0590 e. The molecule has 0 saturated heterocycles. The predicted molar refractivity (Wildman–Crippen MR) is 74.3 cm³/mol. The standard InChI is InChI=1S/C15H31NO/c1-14(2)9-12-17-13-11-16-10-5-8-15-6-3-4-7-15/h14-16H,3-13H2,1-2H3. The minimum absolute atomic E-state index is 0.759. The molecule has 1 aliphatic carbocycles. The van der Waals surface area contributed by atoms with Gasteiger partial charge in [-0.1, -0.05) is 39.5 Å². The van der Waals surface area contributed by atoms with Crippen molar-refractivity contribution in [1.82, 2.24) is 5.32 Å². The molecular formula is C15H31NO. The van der Waals surface area contributed by atoms with Crippen LogP contribution in [0, 0.1) is 11.8 Å². The minimum atomic E-state index is 0.759. The summed E-state index contributed by atoms with van der Waals surface area (Å²) in [4.78, 5) is 0. The number of ether oxygens (including phenoxy) is 1. The van der Waals surface area contributed by atoms with Crippen LogP contribution in [-0.2, 0) is 4.74 Å². The summed E-state index contributed by atoms with van der Waals surface area (Å²) in [7, 11) is 0. The molecule has 0 heterocycles. The molecule has 102 valence electrons. The van der Waals surface area contributed by atoms with E-state index in [0.29, 0.717) is 0 Å². The Labute approximate surface area is 108 Å². The van der Waals surface area contributed by atoms with Gasteiger partial charge in [0.05, 0.1) is 6.61 Å². The molecule has 1 aliphatic rings. The molecule has 1 fully saturated rings. The van der Waals surface area contributed by atoms with Crippen molar-refractivity contribution >= 4 is 0 Å². The van der Waals surface area contributed by atoms with Crippen LogP contribution in [0.2, 0.25) is 0 Å². The first kappa shape index (κ1) is 15.0. The summed E-state index contributed by atoms with van der Waals surface area (Å²) in [5.74, 6) is 1.80. The van der Waals surface area contributed by atoms with Gasteiger partial charge in [0.25, 0.3) is 0 Å². The molecule has 0 aromatic heterocycles. The lowest BCUT2D eigenvalue weighted by Crippen LogP contribution is -2.21. The monoisotopic (exact) mass is 241 g/mol. The van der Waals surface area contributed by atoms with Crippen molar-refractivity contribution < 1.29 is 4.74 Å². The van der Waals surface area contributed by atoms with Gasteiger partial charge in [-0.25, -0.2) is 0 Å². The molecule has 0 aromatic carbocycles. The zero-order valence-corrected chi connectivity index (χ0v) is 11.8. The van der Waals surface area contributed by atoms with Gasteiger partial charge in [-0.3, -0.25) is 0 Å². The highest BCUT2D eigenvalue weighted by molar-refractivity contribution is 4.67. The smallest absolute Gasteiger partial charge is 0.0590 e. The SMILES string of the molecule is CC(C)CCOCCNCCCC1CCCC1. The van der Waals surface area contributed by atoms with Crippen molar-refractivity contribution in [2.45, 2.75) is 58.8 Å². The van der Waals surface area contributed by atoms with Crippen LogP contribution in [0.5, 0.6) is 0 Å². The van der Waals surface area contributed by atoms with Gasteiger partial charge in [0.15, 0.2) is 0 Å². The average molecular weight is 241 g/mol. The van der Waals surface area contributed by atoms with Gasteiger partial charge in [0.1, 0.15) is 0 Å². The molecule has 1 rings (SSSR count). The van der Waals surface area contributed by atoms with Gasteiger partial charge in [-0.05, 0) is 37.6 Å². The fourth-order valence-electron chi connectivity index (χ4n) is 2.51. The van der Waals surface area contributed by atoms with Crippen molar-refractivity contribution in [1.29, 1.82) is 0 Å². The molecule has 1 saturated carbocycles. The first-order valence-electron chi connectivity index (χ1n) is 7.57. The molecular weight excluding hydrogens is 210 g/mol. The van der Waals surface area contributed by atoms with Crippen molar-refractivity contribution in [2.24, 2.45) is 11.8 Å². The summed E-state index contributed by atoms with van der Waals surface area (Å²) in [6, 6.07) is 0. The third-order valence-corrected chi connectivity index (χ3v) is 3.70. The van der Waals surface area contributed by atoms with Gasteiger partial charge in [0, 0.05) is 13.2 Å². The fourth-order valence-corrected chi connectivity index (χ4v) is 2.51. The Bertz CT molecular complexity index is 164. The van der Waals surface area contributed by atoms with Crippen LogP contribution >= 0.6 is 0 Å². The first-order chi connectivity index (χ1) is 8.29. The fraction of sp³-hybridized carbons (Fsp3) is 1.00. The topological polar surface area (TPSA) is 21.3 Å². The maximum atomic E-state index is 5.56. The van der Waals surface area contributed by atoms with Crippen molar-refractivity contribution in [2.75, 3.05) is 26.3 Å². The Morgan fingerprint density at radius 2 is 1.88 bits per heavy atom. The van der Waals surface area contributed by atoms with E-state index in [1.54, 1.807) is 0 Å². The number of nitrogens with one attached hydrogen (secondary N) is 1. The van der Waals surface area contributed by atoms with Crippen molar-refractivity contribution in [3.05, 3.63) is 0 Å². The van der Waals surface area contributed by atoms with E-state index in [2.05, 4.69) is 19.2 Å². The Morgan fingerprint density at radius 3 is 2.59 bits per heavy atom. The second-order valence-corrected chi connectivity index (χ2v) is 5.84. The normalized spacial score (nSPS) is 17.1. The van der Waals surface area contributed by atoms with Crippen LogP contribution in [0.25, 0.3) is 0 Å². The Morgan fingerprint density at radius 1 is 1.12 bits per heavy atom. The third kappa shape index (κ3) is 8.62. The van der Waals surface area contributed by atoms with E-state index < -0.39 is 0 Å². The molecule has 2 heteroatoms. The molecule has 0 aliphatic heterocycles. The third-order valence-electron chi connectivity index (χ3n) is 3.70. The predicted octanol–water partition coefficient (Wildman–Crippen LogP) is 3.61. The molecule has 0 bridgehead atoms. The lowest BCUT2D eigenvalue weighted by molar-refractivity contribution is 0.125. The van der Waals surface area contributed by atoms with Gasteiger partial charge in [0.2, 0.25) is 0 Å². The molecule has 0 unspecified atom stereocenters. The highest BCUT2D eigenvalue weighted by atomic mass is 16.5. The first-order valence-corrected chi connectivity index (χ1v) is 7.57. The lowest BCUT2D eigenvalue weighted by atomic mass is 10.0. The number of hydrogen-bond donors (Lipinski definition) is 1. The molecule has 0 amide bonds. The van der Waals surface area contributed by atoms with Crippen LogP contribution in [-0.4, -0.2) is 26.3 Å². The van der Waals surface area contributed by atoms with Crippen molar-refractivity contribution in [3.63, 3.8) is 0 Å². The Kier molecular flexibility index (Phi) is 8.72. The van der Waals surface area contributed by atoms with Crippen molar-refractivity contribution in [3.8, 4) is 0 Å². The largest absolute Gasteiger partial charge is 0.380 e. The zero-order chi connectivity index (χ0) is 12.3. The molecule has 17 heavy (non-hydrogen) atoms. The van der Waals surface area contributed by atoms with E-state index in [1.807, 2.05) is 0 Å². The minimum Gasteiger partial charge on any atom is -0.380 e. The number of rotatable bonds is 10. The lowest BCUT2D eigenvalue weighted by Gasteiger charge is -2.10. The summed E-state index contributed by atoms with van der Waals surface area (Å²) in [6.45, 7) is 8.46. The molecule has 0 atom stereocenters. The van der Waals surface area contributed by atoms with Crippen LogP contribution in [0.3, 0.4) is 0 Å². The summed E-state index contributed by atoms with van der Waals surface area (Å²) in [5.41, 5.74) is 0. The highest BCUT2D eigenvalue weighted by Gasteiger charge is 2.13. The molecule has 0 aromatic rings. The van der Waals surface area contributed by atoms with E-state index >= 15 is 0 Å². The van der Waals surface area contributed by atoms with E-state index in [0.717, 1.165) is 31.6 Å². The summed E-state index contributed by atoms with van der Waals surface area (Å²) >= 11 is 0. The second kappa shape index (κ2) is 9.90. The van der Waals surface area contributed by atoms with Gasteiger partial charge >= 0.3 is 0 Å². The van der Waals surface area contributed by atoms with E-state index in [-0.39, 0.29) is 0 Å². The van der Waals surface area contributed by atoms with Crippen LogP contribution in [0.1, 0.15) is 58.8 Å².